The van der Waals surface area contributed by atoms with E-state index in [4.69, 9.17) is 9.15 Å². The first-order valence-corrected chi connectivity index (χ1v) is 11.6. The summed E-state index contributed by atoms with van der Waals surface area (Å²) in [7, 11) is 0. The Morgan fingerprint density at radius 1 is 1.17 bits per heavy atom. The minimum atomic E-state index is -0.131. The minimum absolute atomic E-state index is 0.131. The van der Waals surface area contributed by atoms with Crippen LogP contribution in [0.2, 0.25) is 0 Å². The largest absolute Gasteiger partial charge is 0.468 e. The summed E-state index contributed by atoms with van der Waals surface area (Å²) in [6.07, 6.45) is 5.74. The van der Waals surface area contributed by atoms with Crippen LogP contribution < -0.4 is 0 Å². The number of aryl methyl sites for hydroxylation is 1. The molecule has 0 bridgehead atoms. The lowest BCUT2D eigenvalue weighted by atomic mass is 9.76. The third kappa shape index (κ3) is 5.73. The van der Waals surface area contributed by atoms with Crippen molar-refractivity contribution in [3.05, 3.63) is 53.0 Å². The summed E-state index contributed by atoms with van der Waals surface area (Å²) >= 11 is 1.96. The number of carbonyl (C=O) groups excluding carboxylic acids is 1. The van der Waals surface area contributed by atoms with E-state index in [0.717, 1.165) is 42.6 Å². The Morgan fingerprint density at radius 3 is 2.73 bits per heavy atom. The van der Waals surface area contributed by atoms with E-state index < -0.39 is 0 Å². The van der Waals surface area contributed by atoms with Gasteiger partial charge in [0.15, 0.2) is 0 Å². The van der Waals surface area contributed by atoms with Gasteiger partial charge in [-0.05, 0) is 61.4 Å². The molecule has 3 nitrogen and oxygen atoms in total. The number of thioether (sulfide) groups is 1. The predicted molar refractivity (Wildman–Crippen MR) is 123 cm³/mol. The lowest BCUT2D eigenvalue weighted by Crippen LogP contribution is -2.33. The van der Waals surface area contributed by atoms with Crippen molar-refractivity contribution < 1.29 is 13.9 Å². The molecule has 1 aliphatic heterocycles. The van der Waals surface area contributed by atoms with Crippen molar-refractivity contribution in [3.8, 4) is 11.8 Å². The monoisotopic (exact) mass is 424 g/mol. The molecule has 0 atom stereocenters. The molecule has 0 amide bonds. The Kier molecular flexibility index (Phi) is 7.03. The number of fused-ring (bicyclic) bond motifs is 1. The molecule has 4 heteroatoms. The van der Waals surface area contributed by atoms with Crippen molar-refractivity contribution in [1.82, 2.24) is 0 Å². The molecule has 30 heavy (non-hydrogen) atoms. The summed E-state index contributed by atoms with van der Waals surface area (Å²) in [5.74, 6) is 7.38. The van der Waals surface area contributed by atoms with Gasteiger partial charge in [-0.15, -0.1) is 11.8 Å². The Morgan fingerprint density at radius 2 is 1.97 bits per heavy atom. The van der Waals surface area contributed by atoms with Gasteiger partial charge in [-0.25, -0.2) is 0 Å². The molecular weight excluding hydrogens is 392 g/mol. The Bertz CT molecular complexity index is 956. The smallest absolute Gasteiger partial charge is 0.305 e. The van der Waals surface area contributed by atoms with E-state index in [9.17, 15) is 4.79 Å². The first-order valence-electron chi connectivity index (χ1n) is 10.8. The van der Waals surface area contributed by atoms with Crippen LogP contribution in [0, 0.1) is 11.8 Å². The van der Waals surface area contributed by atoms with Crippen LogP contribution in [0.5, 0.6) is 0 Å². The highest BCUT2D eigenvalue weighted by atomic mass is 32.2. The van der Waals surface area contributed by atoms with Crippen molar-refractivity contribution in [1.29, 1.82) is 0 Å². The second-order valence-electron chi connectivity index (χ2n) is 9.15. The highest BCUT2D eigenvalue weighted by Crippen LogP contribution is 2.50. The zero-order valence-electron chi connectivity index (χ0n) is 18.8. The molecule has 0 N–H and O–H groups in total. The van der Waals surface area contributed by atoms with Crippen molar-refractivity contribution in [2.45, 2.75) is 81.8 Å². The van der Waals surface area contributed by atoms with Crippen LogP contribution >= 0.6 is 11.8 Å². The van der Waals surface area contributed by atoms with Gasteiger partial charge in [-0.2, -0.15) is 0 Å². The number of hydrogen-bond donors (Lipinski definition) is 0. The summed E-state index contributed by atoms with van der Waals surface area (Å²) in [5.41, 5.74) is 3.50. The fourth-order valence-corrected chi connectivity index (χ4v) is 5.90. The minimum Gasteiger partial charge on any atom is -0.468 e. The third-order valence-corrected chi connectivity index (χ3v) is 6.66. The number of hydrogen-bond acceptors (Lipinski definition) is 4. The molecule has 160 valence electrons. The number of carbonyl (C=O) groups is 1. The fourth-order valence-electron chi connectivity index (χ4n) is 4.29. The molecule has 3 rings (SSSR count). The Hall–Kier alpha value is -2.12. The first kappa shape index (κ1) is 22.6. The van der Waals surface area contributed by atoms with Gasteiger partial charge in [0, 0.05) is 28.0 Å². The van der Waals surface area contributed by atoms with Gasteiger partial charge in [-0.3, -0.25) is 4.79 Å². The van der Waals surface area contributed by atoms with Crippen LogP contribution in [0.4, 0.5) is 0 Å². The van der Waals surface area contributed by atoms with Crippen molar-refractivity contribution >= 4 is 17.7 Å². The molecule has 0 unspecified atom stereocenters. The summed E-state index contributed by atoms with van der Waals surface area (Å²) in [5, 5.41) is 0. The second kappa shape index (κ2) is 9.35. The summed E-state index contributed by atoms with van der Waals surface area (Å²) in [6.45, 7) is 11.6. The first-order chi connectivity index (χ1) is 14.2. The summed E-state index contributed by atoms with van der Waals surface area (Å²) in [4.78, 5) is 12.8. The number of unbranched alkanes of at least 4 members (excludes halogenated alkanes) is 1. The number of esters is 1. The third-order valence-electron chi connectivity index (χ3n) is 5.39. The molecule has 0 saturated heterocycles. The molecule has 0 radical (unpaired) electrons. The van der Waals surface area contributed by atoms with E-state index in [1.807, 2.05) is 24.8 Å². The van der Waals surface area contributed by atoms with Crippen LogP contribution in [-0.4, -0.2) is 17.3 Å². The molecule has 1 aromatic carbocycles. The maximum Gasteiger partial charge on any atom is 0.305 e. The lowest BCUT2D eigenvalue weighted by molar-refractivity contribution is -0.143. The number of rotatable bonds is 6. The molecule has 1 aromatic heterocycles. The Balaban J connectivity index is 1.68. The van der Waals surface area contributed by atoms with Crippen molar-refractivity contribution in [2.24, 2.45) is 0 Å². The standard InChI is InChI=1S/C26H32O3S/c1-6-28-24(27)10-8-7-9-22-20(15-16-29-22)13-11-19-12-14-23-21(17-19)25(2,3)18-26(4,5)30-23/h12,14-17H,6-10,18H2,1-5H3. The van der Waals surface area contributed by atoms with Crippen LogP contribution in [-0.2, 0) is 21.4 Å². The van der Waals surface area contributed by atoms with Crippen LogP contribution in [0.1, 0.15) is 82.8 Å². The maximum absolute atomic E-state index is 11.4. The van der Waals surface area contributed by atoms with Gasteiger partial charge in [0.2, 0.25) is 0 Å². The average Bonchev–Trinajstić information content (AvgIpc) is 3.10. The van der Waals surface area contributed by atoms with Gasteiger partial charge in [0.25, 0.3) is 0 Å². The van der Waals surface area contributed by atoms with Crippen LogP contribution in [0.15, 0.2) is 39.8 Å². The van der Waals surface area contributed by atoms with E-state index in [1.165, 1.54) is 10.5 Å². The predicted octanol–water partition coefficient (Wildman–Crippen LogP) is 6.51. The molecular formula is C26H32O3S. The van der Waals surface area contributed by atoms with Gasteiger partial charge in [0.05, 0.1) is 18.4 Å². The van der Waals surface area contributed by atoms with Crippen molar-refractivity contribution in [2.75, 3.05) is 6.61 Å². The molecule has 0 saturated carbocycles. The molecule has 0 spiro atoms. The van der Waals surface area contributed by atoms with Crippen LogP contribution in [0.3, 0.4) is 0 Å². The molecule has 0 aliphatic carbocycles. The number of furan rings is 1. The second-order valence-corrected chi connectivity index (χ2v) is 10.9. The van der Waals surface area contributed by atoms with E-state index in [0.29, 0.717) is 13.0 Å². The fraction of sp³-hybridized carbons (Fsp3) is 0.500. The number of benzene rings is 1. The molecule has 1 aliphatic rings. The normalized spacial score (nSPS) is 16.3. The van der Waals surface area contributed by atoms with Crippen molar-refractivity contribution in [3.63, 3.8) is 0 Å². The zero-order chi connectivity index (χ0) is 21.8. The van der Waals surface area contributed by atoms with E-state index in [1.54, 1.807) is 6.26 Å². The average molecular weight is 425 g/mol. The highest BCUT2D eigenvalue weighted by molar-refractivity contribution is 8.00. The topological polar surface area (TPSA) is 39.4 Å². The SMILES string of the molecule is CCOC(=O)CCCCc1occc1C#Cc1ccc2c(c1)C(C)(C)CC(C)(C)S2. The zero-order valence-corrected chi connectivity index (χ0v) is 19.6. The maximum atomic E-state index is 11.4. The van der Waals surface area contributed by atoms with Gasteiger partial charge in [-0.1, -0.05) is 39.5 Å². The summed E-state index contributed by atoms with van der Waals surface area (Å²) in [6, 6.07) is 8.52. The lowest BCUT2D eigenvalue weighted by Gasteiger charge is -2.41. The number of ether oxygens (including phenoxy) is 1. The van der Waals surface area contributed by atoms with Gasteiger partial charge < -0.3 is 9.15 Å². The van der Waals surface area contributed by atoms with Crippen LogP contribution in [0.25, 0.3) is 0 Å². The quantitative estimate of drug-likeness (QED) is 0.301. The Labute approximate surface area is 185 Å². The summed E-state index contributed by atoms with van der Waals surface area (Å²) < 4.78 is 10.9. The van der Waals surface area contributed by atoms with Gasteiger partial charge in [0.1, 0.15) is 5.76 Å². The van der Waals surface area contributed by atoms with E-state index >= 15 is 0 Å². The highest BCUT2D eigenvalue weighted by Gasteiger charge is 2.37. The van der Waals surface area contributed by atoms with E-state index in [2.05, 4.69) is 57.7 Å². The molecule has 2 heterocycles. The molecule has 0 fully saturated rings. The van der Waals surface area contributed by atoms with E-state index in [-0.39, 0.29) is 16.1 Å². The van der Waals surface area contributed by atoms with Gasteiger partial charge >= 0.3 is 5.97 Å². The molecule has 2 aromatic rings.